The summed E-state index contributed by atoms with van der Waals surface area (Å²) in [4.78, 5) is 31.6. The molecule has 0 spiro atoms. The van der Waals surface area contributed by atoms with E-state index in [1.165, 1.54) is 19.3 Å². The molecule has 1 aromatic rings. The monoisotopic (exact) mass is 416 g/mol. The number of aliphatic carboxylic acids is 1. The van der Waals surface area contributed by atoms with Crippen molar-refractivity contribution < 1.29 is 14.7 Å². The molecule has 0 aromatic carbocycles. The van der Waals surface area contributed by atoms with Gasteiger partial charge in [-0.2, -0.15) is 0 Å². The fourth-order valence-electron chi connectivity index (χ4n) is 4.85. The van der Waals surface area contributed by atoms with E-state index in [4.69, 9.17) is 4.98 Å². The predicted molar refractivity (Wildman–Crippen MR) is 118 cm³/mol. The number of pyridine rings is 1. The Morgan fingerprint density at radius 1 is 1.27 bits per heavy atom. The van der Waals surface area contributed by atoms with Gasteiger partial charge in [-0.3, -0.25) is 9.59 Å². The number of nitrogens with zero attached hydrogens (tertiary/aromatic N) is 2. The number of rotatable bonds is 8. The molecule has 1 aliphatic carbocycles. The van der Waals surface area contributed by atoms with Gasteiger partial charge in [-0.05, 0) is 50.8 Å². The standard InChI is InChI=1S/C23H36N4O3/c1-3-13-25-21-18(22(30)27(2)17-8-5-4-6-9-17)10-11-19(26-21)23(15-20(28)29)12-7-14-24-16-23/h10-11,17,24H,3-9,12-16H2,1-2H3,(H,25,26)(H,28,29)/t23-/m0/s1. The molecule has 1 aromatic heterocycles. The number of amides is 1. The predicted octanol–water partition coefficient (Wildman–Crippen LogP) is 3.40. The van der Waals surface area contributed by atoms with Crippen LogP contribution in [0.1, 0.15) is 80.8 Å². The quantitative estimate of drug-likeness (QED) is 0.601. The van der Waals surface area contributed by atoms with Gasteiger partial charge in [0.15, 0.2) is 0 Å². The van der Waals surface area contributed by atoms with Gasteiger partial charge in [-0.25, -0.2) is 4.98 Å². The average Bonchev–Trinajstić information content (AvgIpc) is 2.77. The van der Waals surface area contributed by atoms with E-state index in [1.54, 1.807) is 0 Å². The Kier molecular flexibility index (Phi) is 7.69. The second-order valence-electron chi connectivity index (χ2n) is 8.86. The van der Waals surface area contributed by atoms with Gasteiger partial charge in [-0.1, -0.05) is 26.2 Å². The van der Waals surface area contributed by atoms with Crippen LogP contribution in [0.15, 0.2) is 12.1 Å². The Balaban J connectivity index is 1.92. The van der Waals surface area contributed by atoms with Gasteiger partial charge in [0.1, 0.15) is 5.82 Å². The Hall–Kier alpha value is -2.15. The number of carboxylic acids is 1. The van der Waals surface area contributed by atoms with Crippen molar-refractivity contribution in [1.29, 1.82) is 0 Å². The van der Waals surface area contributed by atoms with Gasteiger partial charge >= 0.3 is 5.97 Å². The Morgan fingerprint density at radius 3 is 2.67 bits per heavy atom. The summed E-state index contributed by atoms with van der Waals surface area (Å²) in [5.41, 5.74) is 0.797. The van der Waals surface area contributed by atoms with Crippen LogP contribution in [0, 0.1) is 0 Å². The van der Waals surface area contributed by atoms with Gasteiger partial charge < -0.3 is 20.6 Å². The summed E-state index contributed by atoms with van der Waals surface area (Å²) in [5.74, 6) is -0.244. The van der Waals surface area contributed by atoms with E-state index >= 15 is 0 Å². The summed E-state index contributed by atoms with van der Waals surface area (Å²) in [6.07, 6.45) is 8.35. The highest BCUT2D eigenvalue weighted by Crippen LogP contribution is 2.35. The first-order valence-electron chi connectivity index (χ1n) is 11.4. The number of anilines is 1. The number of hydrogen-bond acceptors (Lipinski definition) is 5. The Morgan fingerprint density at radius 2 is 2.03 bits per heavy atom. The molecule has 1 aliphatic heterocycles. The summed E-state index contributed by atoms with van der Waals surface area (Å²) in [5, 5.41) is 16.2. The number of carbonyl (C=O) groups is 2. The molecular formula is C23H36N4O3. The van der Waals surface area contributed by atoms with Crippen LogP contribution in [0.3, 0.4) is 0 Å². The van der Waals surface area contributed by atoms with Crippen molar-refractivity contribution >= 4 is 17.7 Å². The van der Waals surface area contributed by atoms with Crippen molar-refractivity contribution in [2.24, 2.45) is 0 Å². The summed E-state index contributed by atoms with van der Waals surface area (Å²) in [7, 11) is 1.90. The minimum atomic E-state index is -0.819. The summed E-state index contributed by atoms with van der Waals surface area (Å²) >= 11 is 0. The van der Waals surface area contributed by atoms with Crippen molar-refractivity contribution in [3.8, 4) is 0 Å². The first-order chi connectivity index (χ1) is 14.5. The highest BCUT2D eigenvalue weighted by molar-refractivity contribution is 5.98. The molecule has 7 nitrogen and oxygen atoms in total. The van der Waals surface area contributed by atoms with E-state index < -0.39 is 11.4 Å². The molecule has 2 fully saturated rings. The van der Waals surface area contributed by atoms with Crippen molar-refractivity contribution in [3.05, 3.63) is 23.4 Å². The maximum Gasteiger partial charge on any atom is 0.304 e. The van der Waals surface area contributed by atoms with E-state index in [-0.39, 0.29) is 18.4 Å². The molecule has 0 unspecified atom stereocenters. The minimum absolute atomic E-state index is 0.00592. The Labute approximate surface area is 179 Å². The zero-order valence-corrected chi connectivity index (χ0v) is 18.4. The zero-order valence-electron chi connectivity index (χ0n) is 18.4. The molecule has 166 valence electrons. The van der Waals surface area contributed by atoms with Crippen LogP contribution in [0.4, 0.5) is 5.82 Å². The molecule has 3 rings (SSSR count). The molecule has 3 N–H and O–H groups in total. The Bertz CT molecular complexity index is 740. The fraction of sp³-hybridized carbons (Fsp3) is 0.696. The van der Waals surface area contributed by atoms with Crippen LogP contribution < -0.4 is 10.6 Å². The van der Waals surface area contributed by atoms with Gasteiger partial charge in [0, 0.05) is 31.6 Å². The average molecular weight is 417 g/mol. The zero-order chi connectivity index (χ0) is 21.6. The number of piperidine rings is 1. The highest BCUT2D eigenvalue weighted by Gasteiger charge is 2.38. The number of carboxylic acid groups (broad SMARTS) is 1. The topological polar surface area (TPSA) is 94.6 Å². The molecule has 0 radical (unpaired) electrons. The van der Waals surface area contributed by atoms with Crippen molar-refractivity contribution in [2.75, 3.05) is 32.0 Å². The first kappa shape index (κ1) is 22.5. The largest absolute Gasteiger partial charge is 0.481 e. The van der Waals surface area contributed by atoms with Crippen LogP contribution in [0.2, 0.25) is 0 Å². The molecule has 2 heterocycles. The lowest BCUT2D eigenvalue weighted by Gasteiger charge is -2.36. The van der Waals surface area contributed by atoms with Crippen molar-refractivity contribution in [3.63, 3.8) is 0 Å². The van der Waals surface area contributed by atoms with Crippen molar-refractivity contribution in [1.82, 2.24) is 15.2 Å². The molecule has 1 atom stereocenters. The lowest BCUT2D eigenvalue weighted by atomic mass is 9.74. The molecule has 1 saturated heterocycles. The minimum Gasteiger partial charge on any atom is -0.481 e. The van der Waals surface area contributed by atoms with Crippen molar-refractivity contribution in [2.45, 2.75) is 76.2 Å². The normalized spacial score (nSPS) is 22.5. The first-order valence-corrected chi connectivity index (χ1v) is 11.4. The molecule has 7 heteroatoms. The second kappa shape index (κ2) is 10.2. The van der Waals surface area contributed by atoms with Crippen LogP contribution in [-0.2, 0) is 10.2 Å². The van der Waals surface area contributed by atoms with E-state index in [2.05, 4.69) is 17.6 Å². The van der Waals surface area contributed by atoms with Crippen LogP contribution >= 0.6 is 0 Å². The van der Waals surface area contributed by atoms with E-state index in [0.29, 0.717) is 24.5 Å². The SMILES string of the molecule is CCCNc1nc([C@]2(CC(=O)O)CCCNC2)ccc1C(=O)N(C)C1CCCCC1. The third kappa shape index (κ3) is 5.12. The lowest BCUT2D eigenvalue weighted by Crippen LogP contribution is -2.45. The molecule has 1 saturated carbocycles. The molecular weight excluding hydrogens is 380 g/mol. The molecule has 0 bridgehead atoms. The number of nitrogens with one attached hydrogen (secondary N) is 2. The van der Waals surface area contributed by atoms with Crippen LogP contribution in [0.25, 0.3) is 0 Å². The van der Waals surface area contributed by atoms with Crippen LogP contribution in [-0.4, -0.2) is 59.6 Å². The lowest BCUT2D eigenvalue weighted by molar-refractivity contribution is -0.138. The molecule has 1 amide bonds. The third-order valence-electron chi connectivity index (χ3n) is 6.62. The number of aromatic nitrogens is 1. The summed E-state index contributed by atoms with van der Waals surface area (Å²) < 4.78 is 0. The smallest absolute Gasteiger partial charge is 0.304 e. The molecule has 30 heavy (non-hydrogen) atoms. The van der Waals surface area contributed by atoms with Crippen LogP contribution in [0.5, 0.6) is 0 Å². The summed E-state index contributed by atoms with van der Waals surface area (Å²) in [6, 6.07) is 4.00. The third-order valence-corrected chi connectivity index (χ3v) is 6.62. The van der Waals surface area contributed by atoms with E-state index in [0.717, 1.165) is 44.3 Å². The van der Waals surface area contributed by atoms with Gasteiger partial charge in [0.25, 0.3) is 5.91 Å². The maximum absolute atomic E-state index is 13.3. The highest BCUT2D eigenvalue weighted by atomic mass is 16.4. The van der Waals surface area contributed by atoms with Gasteiger partial charge in [0.05, 0.1) is 17.7 Å². The van der Waals surface area contributed by atoms with E-state index in [9.17, 15) is 14.7 Å². The molecule has 2 aliphatic rings. The van der Waals surface area contributed by atoms with Gasteiger partial charge in [-0.15, -0.1) is 0 Å². The number of hydrogen-bond donors (Lipinski definition) is 3. The second-order valence-corrected chi connectivity index (χ2v) is 8.86. The van der Waals surface area contributed by atoms with Gasteiger partial charge in [0.2, 0.25) is 0 Å². The fourth-order valence-corrected chi connectivity index (χ4v) is 4.85. The number of carbonyl (C=O) groups excluding carboxylic acids is 1. The maximum atomic E-state index is 13.3. The van der Waals surface area contributed by atoms with E-state index in [1.807, 2.05) is 24.1 Å². The summed E-state index contributed by atoms with van der Waals surface area (Å²) in [6.45, 7) is 4.28.